The van der Waals surface area contributed by atoms with Gasteiger partial charge in [0.1, 0.15) is 0 Å². The van der Waals surface area contributed by atoms with E-state index in [-0.39, 0.29) is 24.0 Å². The van der Waals surface area contributed by atoms with Gasteiger partial charge in [0.05, 0.1) is 18.4 Å². The number of guanidine groups is 1. The van der Waals surface area contributed by atoms with E-state index in [9.17, 15) is 0 Å². The lowest BCUT2D eigenvalue weighted by Crippen LogP contribution is -2.37. The zero-order valence-electron chi connectivity index (χ0n) is 12.7. The fourth-order valence-electron chi connectivity index (χ4n) is 1.84. The lowest BCUT2D eigenvalue weighted by atomic mass is 10.3. The van der Waals surface area contributed by atoms with Gasteiger partial charge in [0.15, 0.2) is 5.96 Å². The van der Waals surface area contributed by atoms with E-state index in [1.807, 2.05) is 54.3 Å². The average Bonchev–Trinajstić information content (AvgIpc) is 3.00. The van der Waals surface area contributed by atoms with E-state index in [2.05, 4.69) is 27.3 Å². The van der Waals surface area contributed by atoms with Crippen molar-refractivity contribution in [3.63, 3.8) is 0 Å². The molecule has 0 aliphatic rings. The van der Waals surface area contributed by atoms with Crippen LogP contribution in [0, 0.1) is 0 Å². The van der Waals surface area contributed by atoms with E-state index in [0.29, 0.717) is 13.1 Å². The van der Waals surface area contributed by atoms with Crippen LogP contribution in [0.5, 0.6) is 0 Å². The van der Waals surface area contributed by atoms with Gasteiger partial charge in [-0.25, -0.2) is 9.67 Å². The second-order valence-corrected chi connectivity index (χ2v) is 4.49. The number of nitrogens with zero attached hydrogens (tertiary/aromatic N) is 3. The van der Waals surface area contributed by atoms with Crippen LogP contribution in [-0.4, -0.2) is 28.8 Å². The molecule has 0 aliphatic carbocycles. The van der Waals surface area contributed by atoms with Crippen LogP contribution in [0.3, 0.4) is 0 Å². The summed E-state index contributed by atoms with van der Waals surface area (Å²) < 4.78 is 1.86. The molecule has 2 rings (SSSR count). The highest BCUT2D eigenvalue weighted by Gasteiger charge is 2.01. The minimum atomic E-state index is 0. The number of hydrogen-bond acceptors (Lipinski definition) is 2. The highest BCUT2D eigenvalue weighted by molar-refractivity contribution is 14.0. The van der Waals surface area contributed by atoms with Gasteiger partial charge in [-0.15, -0.1) is 30.6 Å². The van der Waals surface area contributed by atoms with Gasteiger partial charge in [0, 0.05) is 24.8 Å². The summed E-state index contributed by atoms with van der Waals surface area (Å²) in [6.45, 7) is 7.83. The van der Waals surface area contributed by atoms with Crippen molar-refractivity contribution in [2.24, 2.45) is 4.99 Å². The van der Waals surface area contributed by atoms with Crippen molar-refractivity contribution in [1.29, 1.82) is 0 Å². The van der Waals surface area contributed by atoms with Crippen molar-refractivity contribution in [2.75, 3.05) is 13.1 Å². The van der Waals surface area contributed by atoms with Gasteiger partial charge in [0.2, 0.25) is 0 Å². The molecule has 0 fully saturated rings. The van der Waals surface area contributed by atoms with E-state index in [0.717, 1.165) is 23.8 Å². The van der Waals surface area contributed by atoms with Crippen molar-refractivity contribution in [2.45, 2.75) is 13.5 Å². The summed E-state index contributed by atoms with van der Waals surface area (Å²) in [5.41, 5.74) is 2.11. The maximum Gasteiger partial charge on any atom is 0.191 e. The Balaban J connectivity index is 0.00000242. The quantitative estimate of drug-likeness (QED) is 0.333. The standard InChI is InChI=1S/C16H21N5.HI/c1-3-10-18-16(17-4-2)19-11-14-12-20-21(13-14)15-8-6-5-7-9-15;/h3,5-9,12-13H,1,4,10-11H2,2H3,(H2,17,18,19);1H. The minimum Gasteiger partial charge on any atom is -0.357 e. The fraction of sp³-hybridized carbons (Fsp3) is 0.250. The highest BCUT2D eigenvalue weighted by Crippen LogP contribution is 2.08. The first kappa shape index (κ1) is 18.2. The van der Waals surface area contributed by atoms with Gasteiger partial charge in [-0.05, 0) is 19.1 Å². The van der Waals surface area contributed by atoms with Crippen molar-refractivity contribution in [3.05, 3.63) is 60.9 Å². The largest absolute Gasteiger partial charge is 0.357 e. The zero-order valence-corrected chi connectivity index (χ0v) is 15.0. The normalized spacial score (nSPS) is 10.7. The molecule has 0 bridgehead atoms. The summed E-state index contributed by atoms with van der Waals surface area (Å²) in [6, 6.07) is 10.0. The van der Waals surface area contributed by atoms with Gasteiger partial charge in [-0.1, -0.05) is 24.3 Å². The molecule has 0 atom stereocenters. The maximum atomic E-state index is 4.52. The molecule has 0 amide bonds. The van der Waals surface area contributed by atoms with Gasteiger partial charge < -0.3 is 10.6 Å². The lowest BCUT2D eigenvalue weighted by molar-refractivity contribution is 0.859. The number of aliphatic imine (C=N–C) groups is 1. The molecule has 5 nitrogen and oxygen atoms in total. The van der Waals surface area contributed by atoms with Crippen molar-refractivity contribution in [3.8, 4) is 5.69 Å². The van der Waals surface area contributed by atoms with E-state index in [1.165, 1.54) is 0 Å². The summed E-state index contributed by atoms with van der Waals surface area (Å²) in [4.78, 5) is 4.52. The Hall–Kier alpha value is -1.83. The molecule has 1 heterocycles. The van der Waals surface area contributed by atoms with Crippen LogP contribution in [0.2, 0.25) is 0 Å². The molecule has 0 saturated heterocycles. The van der Waals surface area contributed by atoms with E-state index >= 15 is 0 Å². The summed E-state index contributed by atoms with van der Waals surface area (Å²) in [6.07, 6.45) is 5.64. The number of hydrogen-bond donors (Lipinski definition) is 2. The van der Waals surface area contributed by atoms with Crippen LogP contribution in [0.1, 0.15) is 12.5 Å². The van der Waals surface area contributed by atoms with Gasteiger partial charge in [-0.2, -0.15) is 5.10 Å². The summed E-state index contributed by atoms with van der Waals surface area (Å²) >= 11 is 0. The van der Waals surface area contributed by atoms with Gasteiger partial charge in [-0.3, -0.25) is 0 Å². The monoisotopic (exact) mass is 411 g/mol. The van der Waals surface area contributed by atoms with Crippen LogP contribution in [0.25, 0.3) is 5.69 Å². The van der Waals surface area contributed by atoms with Crippen LogP contribution < -0.4 is 10.6 Å². The zero-order chi connectivity index (χ0) is 14.9. The highest BCUT2D eigenvalue weighted by atomic mass is 127. The van der Waals surface area contributed by atoms with Gasteiger partial charge >= 0.3 is 0 Å². The van der Waals surface area contributed by atoms with Gasteiger partial charge in [0.25, 0.3) is 0 Å². The maximum absolute atomic E-state index is 4.52. The smallest absolute Gasteiger partial charge is 0.191 e. The second-order valence-electron chi connectivity index (χ2n) is 4.49. The lowest BCUT2D eigenvalue weighted by Gasteiger charge is -2.08. The summed E-state index contributed by atoms with van der Waals surface area (Å²) in [7, 11) is 0. The molecule has 2 N–H and O–H groups in total. The number of rotatable bonds is 6. The summed E-state index contributed by atoms with van der Waals surface area (Å²) in [5, 5.41) is 10.7. The number of halogens is 1. The minimum absolute atomic E-state index is 0. The molecular weight excluding hydrogens is 389 g/mol. The molecule has 0 aliphatic heterocycles. The number of nitrogens with one attached hydrogen (secondary N) is 2. The Morgan fingerprint density at radius 2 is 2.09 bits per heavy atom. The Morgan fingerprint density at radius 1 is 1.32 bits per heavy atom. The molecule has 2 aromatic rings. The first-order valence-electron chi connectivity index (χ1n) is 7.05. The number of aromatic nitrogens is 2. The Kier molecular flexibility index (Phi) is 8.27. The predicted octanol–water partition coefficient (Wildman–Crippen LogP) is 2.73. The van der Waals surface area contributed by atoms with Crippen molar-refractivity contribution < 1.29 is 0 Å². The molecule has 118 valence electrons. The van der Waals surface area contributed by atoms with Crippen LogP contribution in [0.15, 0.2) is 60.4 Å². The molecule has 0 radical (unpaired) electrons. The Morgan fingerprint density at radius 3 is 2.77 bits per heavy atom. The molecule has 0 unspecified atom stereocenters. The molecule has 6 heteroatoms. The molecular formula is C16H22IN5. The first-order chi connectivity index (χ1) is 10.3. The predicted molar refractivity (Wildman–Crippen MR) is 102 cm³/mol. The Bertz CT molecular complexity index is 592. The third kappa shape index (κ3) is 5.51. The van der Waals surface area contributed by atoms with Crippen molar-refractivity contribution >= 4 is 29.9 Å². The molecule has 1 aromatic heterocycles. The third-order valence-electron chi connectivity index (χ3n) is 2.83. The van der Waals surface area contributed by atoms with E-state index in [1.54, 1.807) is 6.08 Å². The SMILES string of the molecule is C=CCNC(=NCc1cnn(-c2ccccc2)c1)NCC.I. The second kappa shape index (κ2) is 9.99. The van der Waals surface area contributed by atoms with E-state index in [4.69, 9.17) is 0 Å². The molecule has 0 saturated carbocycles. The average molecular weight is 411 g/mol. The van der Waals surface area contributed by atoms with Crippen LogP contribution in [0.4, 0.5) is 0 Å². The molecule has 1 aromatic carbocycles. The molecule has 22 heavy (non-hydrogen) atoms. The molecule has 0 spiro atoms. The van der Waals surface area contributed by atoms with Crippen molar-refractivity contribution in [1.82, 2.24) is 20.4 Å². The Labute approximate surface area is 148 Å². The number of para-hydroxylation sites is 1. The summed E-state index contributed by atoms with van der Waals surface area (Å²) in [5.74, 6) is 0.782. The van der Waals surface area contributed by atoms with E-state index < -0.39 is 0 Å². The van der Waals surface area contributed by atoms with Crippen LogP contribution in [-0.2, 0) is 6.54 Å². The first-order valence-corrected chi connectivity index (χ1v) is 7.05. The fourth-order valence-corrected chi connectivity index (χ4v) is 1.84. The topological polar surface area (TPSA) is 54.2 Å². The third-order valence-corrected chi connectivity index (χ3v) is 2.83. The van der Waals surface area contributed by atoms with Crippen LogP contribution >= 0.6 is 24.0 Å². The number of benzene rings is 1.